The first-order valence-corrected chi connectivity index (χ1v) is 8.57. The first-order valence-electron chi connectivity index (χ1n) is 8.57. The lowest BCUT2D eigenvalue weighted by atomic mass is 10.1. The van der Waals surface area contributed by atoms with E-state index in [0.29, 0.717) is 22.7 Å². The van der Waals surface area contributed by atoms with Crippen molar-refractivity contribution in [2.75, 3.05) is 13.1 Å². The number of carbonyl (C=O) groups excluding carboxylic acids is 1. The summed E-state index contributed by atoms with van der Waals surface area (Å²) in [5, 5.41) is 11.5. The molecule has 1 aliphatic heterocycles. The highest BCUT2D eigenvalue weighted by Gasteiger charge is 2.22. The average molecular weight is 412 g/mol. The van der Waals surface area contributed by atoms with Crippen LogP contribution in [0.2, 0.25) is 0 Å². The number of hydrogen-bond donors (Lipinski definition) is 2. The predicted molar refractivity (Wildman–Crippen MR) is 109 cm³/mol. The van der Waals surface area contributed by atoms with E-state index in [0.717, 1.165) is 24.9 Å². The van der Waals surface area contributed by atoms with Crippen molar-refractivity contribution in [3.63, 3.8) is 0 Å². The van der Waals surface area contributed by atoms with Gasteiger partial charge in [0.15, 0.2) is 11.4 Å². The molecule has 1 aliphatic rings. The Morgan fingerprint density at radius 2 is 2.22 bits per heavy atom. The van der Waals surface area contributed by atoms with Gasteiger partial charge in [0.25, 0.3) is 5.91 Å². The van der Waals surface area contributed by atoms with Crippen LogP contribution in [0.25, 0.3) is 22.5 Å². The first-order chi connectivity index (χ1) is 12.1. The summed E-state index contributed by atoms with van der Waals surface area (Å²) >= 11 is 0. The van der Waals surface area contributed by atoms with E-state index in [9.17, 15) is 4.79 Å². The molecular formula is C18H23Cl2N5O2. The molecule has 27 heavy (non-hydrogen) atoms. The summed E-state index contributed by atoms with van der Waals surface area (Å²) in [5.41, 5.74) is 1.91. The number of furan rings is 1. The standard InChI is InChI=1S/C18H21N5O2.2ClH/c1-11(2)23-17-14(10-20-23)13(18(24)21-12-5-6-19-9-12)8-15(22-17)16-4-3-7-25-16;;/h3-4,7-8,10-12,19H,5-6,9H2,1-2H3,(H,21,24);2*1H. The molecule has 2 N–H and O–H groups in total. The Hall–Kier alpha value is -2.09. The molecule has 1 saturated heterocycles. The Morgan fingerprint density at radius 3 is 2.85 bits per heavy atom. The molecule has 4 heterocycles. The molecule has 1 fully saturated rings. The van der Waals surface area contributed by atoms with Gasteiger partial charge in [0.2, 0.25) is 0 Å². The molecule has 0 saturated carbocycles. The molecule has 3 aromatic heterocycles. The normalized spacial score (nSPS) is 16.2. The molecule has 1 unspecified atom stereocenters. The third kappa shape index (κ3) is 4.10. The molecule has 0 radical (unpaired) electrons. The molecule has 1 atom stereocenters. The van der Waals surface area contributed by atoms with Gasteiger partial charge in [-0.15, -0.1) is 24.8 Å². The van der Waals surface area contributed by atoms with Crippen LogP contribution in [0, 0.1) is 0 Å². The summed E-state index contributed by atoms with van der Waals surface area (Å²) in [5.74, 6) is 0.534. The quantitative estimate of drug-likeness (QED) is 0.688. The van der Waals surface area contributed by atoms with Crippen LogP contribution in [0.1, 0.15) is 36.7 Å². The summed E-state index contributed by atoms with van der Waals surface area (Å²) in [7, 11) is 0. The molecule has 0 aromatic carbocycles. The summed E-state index contributed by atoms with van der Waals surface area (Å²) in [6.45, 7) is 5.81. The maximum atomic E-state index is 12.9. The Balaban J connectivity index is 0.00000131. The van der Waals surface area contributed by atoms with Gasteiger partial charge in [0, 0.05) is 18.6 Å². The highest BCUT2D eigenvalue weighted by atomic mass is 35.5. The Labute approximate surface area is 169 Å². The van der Waals surface area contributed by atoms with Crippen molar-refractivity contribution in [1.82, 2.24) is 25.4 Å². The molecule has 0 aliphatic carbocycles. The molecule has 146 valence electrons. The lowest BCUT2D eigenvalue weighted by molar-refractivity contribution is 0.0941. The van der Waals surface area contributed by atoms with Gasteiger partial charge in [-0.3, -0.25) is 4.79 Å². The summed E-state index contributed by atoms with van der Waals surface area (Å²) in [4.78, 5) is 17.6. The second-order valence-corrected chi connectivity index (χ2v) is 6.62. The van der Waals surface area contributed by atoms with Crippen LogP contribution < -0.4 is 10.6 Å². The second-order valence-electron chi connectivity index (χ2n) is 6.62. The number of carbonyl (C=O) groups is 1. The van der Waals surface area contributed by atoms with Crippen molar-refractivity contribution in [2.24, 2.45) is 0 Å². The zero-order valence-electron chi connectivity index (χ0n) is 15.1. The zero-order valence-corrected chi connectivity index (χ0v) is 16.8. The minimum absolute atomic E-state index is 0. The van der Waals surface area contributed by atoms with E-state index in [1.54, 1.807) is 18.5 Å². The van der Waals surface area contributed by atoms with Crippen molar-refractivity contribution in [3.05, 3.63) is 36.2 Å². The van der Waals surface area contributed by atoms with Crippen LogP contribution in [-0.2, 0) is 0 Å². The third-order valence-corrected chi connectivity index (χ3v) is 4.47. The number of rotatable bonds is 4. The molecular weight excluding hydrogens is 389 g/mol. The highest BCUT2D eigenvalue weighted by Crippen LogP contribution is 2.26. The number of nitrogens with zero attached hydrogens (tertiary/aromatic N) is 3. The van der Waals surface area contributed by atoms with Crippen LogP contribution in [0.15, 0.2) is 35.1 Å². The summed E-state index contributed by atoms with van der Waals surface area (Å²) in [6.07, 6.45) is 4.26. The Morgan fingerprint density at radius 1 is 1.41 bits per heavy atom. The van der Waals surface area contributed by atoms with Crippen molar-refractivity contribution >= 4 is 41.8 Å². The SMILES string of the molecule is CC(C)n1ncc2c(C(=O)NC3CCNC3)cc(-c3ccco3)nc21.Cl.Cl. The number of amides is 1. The van der Waals surface area contributed by atoms with E-state index in [1.165, 1.54) is 0 Å². The predicted octanol–water partition coefficient (Wildman–Crippen LogP) is 3.21. The molecule has 0 bridgehead atoms. The van der Waals surface area contributed by atoms with Crippen LogP contribution in [0.4, 0.5) is 0 Å². The number of pyridine rings is 1. The topological polar surface area (TPSA) is 85.0 Å². The van der Waals surface area contributed by atoms with Gasteiger partial charge >= 0.3 is 0 Å². The van der Waals surface area contributed by atoms with Gasteiger partial charge in [0.1, 0.15) is 5.69 Å². The number of halogens is 2. The molecule has 7 nitrogen and oxygen atoms in total. The first kappa shape index (κ1) is 21.2. The summed E-state index contributed by atoms with van der Waals surface area (Å²) in [6, 6.07) is 5.73. The van der Waals surface area contributed by atoms with Crippen LogP contribution in [0.3, 0.4) is 0 Å². The van der Waals surface area contributed by atoms with Crippen molar-refractivity contribution in [2.45, 2.75) is 32.4 Å². The fraction of sp³-hybridized carbons (Fsp3) is 0.389. The van der Waals surface area contributed by atoms with Crippen LogP contribution >= 0.6 is 24.8 Å². The van der Waals surface area contributed by atoms with E-state index in [2.05, 4.69) is 20.7 Å². The van der Waals surface area contributed by atoms with Gasteiger partial charge < -0.3 is 15.1 Å². The lowest BCUT2D eigenvalue weighted by Gasteiger charge is -2.13. The lowest BCUT2D eigenvalue weighted by Crippen LogP contribution is -2.36. The smallest absolute Gasteiger partial charge is 0.252 e. The van der Waals surface area contributed by atoms with E-state index in [-0.39, 0.29) is 42.8 Å². The minimum atomic E-state index is -0.0998. The Kier molecular flexibility index (Phi) is 6.86. The number of fused-ring (bicyclic) bond motifs is 1. The molecule has 3 aromatic rings. The van der Waals surface area contributed by atoms with E-state index >= 15 is 0 Å². The fourth-order valence-electron chi connectivity index (χ4n) is 3.18. The number of hydrogen-bond acceptors (Lipinski definition) is 5. The summed E-state index contributed by atoms with van der Waals surface area (Å²) < 4.78 is 7.31. The monoisotopic (exact) mass is 411 g/mol. The van der Waals surface area contributed by atoms with Gasteiger partial charge in [0.05, 0.1) is 23.4 Å². The number of aromatic nitrogens is 3. The fourth-order valence-corrected chi connectivity index (χ4v) is 3.18. The van der Waals surface area contributed by atoms with Crippen molar-refractivity contribution in [3.8, 4) is 11.5 Å². The number of nitrogens with one attached hydrogen (secondary N) is 2. The molecule has 1 amide bonds. The molecule has 9 heteroatoms. The highest BCUT2D eigenvalue weighted by molar-refractivity contribution is 6.06. The van der Waals surface area contributed by atoms with Crippen LogP contribution in [-0.4, -0.2) is 39.8 Å². The van der Waals surface area contributed by atoms with Crippen molar-refractivity contribution in [1.29, 1.82) is 0 Å². The van der Waals surface area contributed by atoms with Gasteiger partial charge in [-0.05, 0) is 45.0 Å². The maximum absolute atomic E-state index is 12.9. The van der Waals surface area contributed by atoms with Gasteiger partial charge in [-0.25, -0.2) is 9.67 Å². The van der Waals surface area contributed by atoms with E-state index in [1.807, 2.05) is 30.7 Å². The average Bonchev–Trinajstić information content (AvgIpc) is 3.34. The molecule has 4 rings (SSSR count). The Bertz CT molecular complexity index is 902. The van der Waals surface area contributed by atoms with E-state index < -0.39 is 0 Å². The largest absolute Gasteiger partial charge is 0.463 e. The maximum Gasteiger partial charge on any atom is 0.252 e. The second kappa shape index (κ2) is 8.73. The van der Waals surface area contributed by atoms with E-state index in [4.69, 9.17) is 4.42 Å². The third-order valence-electron chi connectivity index (χ3n) is 4.47. The van der Waals surface area contributed by atoms with Gasteiger partial charge in [-0.1, -0.05) is 0 Å². The van der Waals surface area contributed by atoms with Crippen LogP contribution in [0.5, 0.6) is 0 Å². The molecule has 0 spiro atoms. The van der Waals surface area contributed by atoms with Gasteiger partial charge in [-0.2, -0.15) is 5.10 Å². The zero-order chi connectivity index (χ0) is 17.4. The van der Waals surface area contributed by atoms with Crippen molar-refractivity contribution < 1.29 is 9.21 Å². The minimum Gasteiger partial charge on any atom is -0.463 e.